The Morgan fingerprint density at radius 1 is 1.32 bits per heavy atom. The maximum absolute atomic E-state index is 11.9. The van der Waals surface area contributed by atoms with Crippen LogP contribution in [0.4, 0.5) is 0 Å². The summed E-state index contributed by atoms with van der Waals surface area (Å²) in [5, 5.41) is 4.19. The number of benzene rings is 1. The molecule has 0 heterocycles. The zero-order valence-electron chi connectivity index (χ0n) is 14.9. The third-order valence-corrected chi connectivity index (χ3v) is 5.32. The summed E-state index contributed by atoms with van der Waals surface area (Å²) >= 11 is 11.3. The van der Waals surface area contributed by atoms with Gasteiger partial charge >= 0.3 is 0 Å². The molecule has 0 radical (unpaired) electrons. The molecule has 25 heavy (non-hydrogen) atoms. The molecule has 3 N–H and O–H groups in total. The predicted octanol–water partition coefficient (Wildman–Crippen LogP) is 3.35. The van der Waals surface area contributed by atoms with Gasteiger partial charge in [0.15, 0.2) is 11.7 Å². The van der Waals surface area contributed by atoms with E-state index < -0.39 is 0 Å². The van der Waals surface area contributed by atoms with Gasteiger partial charge in [-0.3, -0.25) is 15.6 Å². The lowest BCUT2D eigenvalue weighted by atomic mass is 9.78. The first kappa shape index (κ1) is 19.8. The summed E-state index contributed by atoms with van der Waals surface area (Å²) < 4.78 is 5.45. The largest absolute Gasteiger partial charge is 0.482 e. The molecule has 2 rings (SSSR count). The van der Waals surface area contributed by atoms with Crippen LogP contribution in [-0.2, 0) is 4.79 Å². The van der Waals surface area contributed by atoms with E-state index in [9.17, 15) is 4.79 Å². The molecule has 0 aliphatic heterocycles. The first-order valence-corrected chi connectivity index (χ1v) is 9.39. The lowest BCUT2D eigenvalue weighted by Gasteiger charge is -2.35. The van der Waals surface area contributed by atoms with Crippen molar-refractivity contribution >= 4 is 34.8 Å². The Labute approximate surface area is 159 Å². The fraction of sp³-hybridized carbons (Fsp3) is 0.556. The van der Waals surface area contributed by atoms with Gasteiger partial charge in [-0.15, -0.1) is 0 Å². The summed E-state index contributed by atoms with van der Waals surface area (Å²) in [6, 6.07) is 5.76. The standard InChI is InChI=1S/C18H26ClN3O2S/c1-11-7-8-14(19)16(9-11)24-10-17(23)21-22-18(25)20-15-6-4-5-12(2)13(15)3/h7-9,12-13,15H,4-6,10H2,1-3H3,(H,21,23)(H2,20,22,25)/t12-,13+,15+/m1/s1. The van der Waals surface area contributed by atoms with Crippen LogP contribution in [0.5, 0.6) is 5.75 Å². The highest BCUT2D eigenvalue weighted by Crippen LogP contribution is 2.29. The van der Waals surface area contributed by atoms with Crippen molar-refractivity contribution in [2.75, 3.05) is 6.61 Å². The Morgan fingerprint density at radius 2 is 2.08 bits per heavy atom. The van der Waals surface area contributed by atoms with Gasteiger partial charge in [0.1, 0.15) is 5.75 Å². The number of thiocarbonyl (C=S) groups is 1. The summed E-state index contributed by atoms with van der Waals surface area (Å²) in [4.78, 5) is 11.9. The number of hydrogen-bond donors (Lipinski definition) is 3. The van der Waals surface area contributed by atoms with E-state index in [-0.39, 0.29) is 12.5 Å². The average Bonchev–Trinajstić information content (AvgIpc) is 2.58. The lowest BCUT2D eigenvalue weighted by molar-refractivity contribution is -0.123. The number of aryl methyl sites for hydroxylation is 1. The van der Waals surface area contributed by atoms with E-state index in [1.807, 2.05) is 13.0 Å². The topological polar surface area (TPSA) is 62.4 Å². The molecule has 1 aliphatic rings. The maximum Gasteiger partial charge on any atom is 0.276 e. The zero-order chi connectivity index (χ0) is 18.4. The predicted molar refractivity (Wildman–Crippen MR) is 105 cm³/mol. The third-order valence-electron chi connectivity index (χ3n) is 4.78. The minimum Gasteiger partial charge on any atom is -0.482 e. The molecule has 0 bridgehead atoms. The van der Waals surface area contributed by atoms with Crippen molar-refractivity contribution in [3.63, 3.8) is 0 Å². The molecule has 1 fully saturated rings. The number of amides is 1. The van der Waals surface area contributed by atoms with Crippen LogP contribution in [0.15, 0.2) is 18.2 Å². The van der Waals surface area contributed by atoms with Crippen molar-refractivity contribution < 1.29 is 9.53 Å². The van der Waals surface area contributed by atoms with Gasteiger partial charge in [0, 0.05) is 6.04 Å². The molecule has 1 saturated carbocycles. The molecule has 0 unspecified atom stereocenters. The van der Waals surface area contributed by atoms with Gasteiger partial charge in [-0.05, 0) is 55.1 Å². The van der Waals surface area contributed by atoms with Crippen LogP contribution in [0.25, 0.3) is 0 Å². The van der Waals surface area contributed by atoms with E-state index in [4.69, 9.17) is 28.6 Å². The number of carbonyl (C=O) groups excluding carboxylic acids is 1. The second-order valence-electron chi connectivity index (χ2n) is 6.74. The van der Waals surface area contributed by atoms with Crippen LogP contribution in [-0.4, -0.2) is 23.7 Å². The number of rotatable bonds is 4. The summed E-state index contributed by atoms with van der Waals surface area (Å²) in [5.41, 5.74) is 6.29. The van der Waals surface area contributed by atoms with Crippen LogP contribution < -0.4 is 20.9 Å². The van der Waals surface area contributed by atoms with Gasteiger partial charge in [-0.25, -0.2) is 0 Å². The van der Waals surface area contributed by atoms with Gasteiger partial charge < -0.3 is 10.1 Å². The van der Waals surface area contributed by atoms with Gasteiger partial charge in [0.25, 0.3) is 5.91 Å². The van der Waals surface area contributed by atoms with Crippen molar-refractivity contribution in [1.82, 2.24) is 16.2 Å². The monoisotopic (exact) mass is 383 g/mol. The van der Waals surface area contributed by atoms with Crippen molar-refractivity contribution in [2.24, 2.45) is 11.8 Å². The quantitative estimate of drug-likeness (QED) is 0.549. The van der Waals surface area contributed by atoms with E-state index in [0.717, 1.165) is 12.0 Å². The summed E-state index contributed by atoms with van der Waals surface area (Å²) in [7, 11) is 0. The molecular weight excluding hydrogens is 358 g/mol. The SMILES string of the molecule is Cc1ccc(Cl)c(OCC(=O)NNC(=S)N[C@H]2CCC[C@@H](C)[C@@H]2C)c1. The summed E-state index contributed by atoms with van der Waals surface area (Å²) in [6.45, 7) is 6.30. The molecule has 138 valence electrons. The summed E-state index contributed by atoms with van der Waals surface area (Å²) in [6.07, 6.45) is 3.55. The van der Waals surface area contributed by atoms with Gasteiger partial charge in [-0.1, -0.05) is 44.4 Å². The first-order valence-electron chi connectivity index (χ1n) is 8.61. The Kier molecular flexibility index (Phi) is 7.32. The van der Waals surface area contributed by atoms with Crippen molar-refractivity contribution in [3.8, 4) is 5.75 Å². The molecule has 1 aliphatic carbocycles. The Bertz CT molecular complexity index is 626. The second-order valence-corrected chi connectivity index (χ2v) is 7.56. The fourth-order valence-corrected chi connectivity index (χ4v) is 3.39. The number of hydrazine groups is 1. The number of halogens is 1. The number of nitrogens with one attached hydrogen (secondary N) is 3. The Hall–Kier alpha value is -1.53. The fourth-order valence-electron chi connectivity index (χ4n) is 3.02. The lowest BCUT2D eigenvalue weighted by Crippen LogP contribution is -2.53. The van der Waals surface area contributed by atoms with Crippen LogP contribution in [0.2, 0.25) is 5.02 Å². The minimum absolute atomic E-state index is 0.143. The molecule has 7 heteroatoms. The highest BCUT2D eigenvalue weighted by molar-refractivity contribution is 7.80. The normalized spacial score (nSPS) is 22.8. The molecule has 1 amide bonds. The maximum atomic E-state index is 11.9. The van der Waals surface area contributed by atoms with Gasteiger partial charge in [-0.2, -0.15) is 0 Å². The molecule has 1 aromatic rings. The van der Waals surface area contributed by atoms with E-state index >= 15 is 0 Å². The number of ether oxygens (including phenoxy) is 1. The van der Waals surface area contributed by atoms with E-state index in [1.165, 1.54) is 12.8 Å². The second kappa shape index (κ2) is 9.25. The van der Waals surface area contributed by atoms with Gasteiger partial charge in [0.05, 0.1) is 5.02 Å². The number of hydrogen-bond acceptors (Lipinski definition) is 3. The van der Waals surface area contributed by atoms with Gasteiger partial charge in [0.2, 0.25) is 0 Å². The van der Waals surface area contributed by atoms with E-state index in [1.54, 1.807) is 12.1 Å². The van der Waals surface area contributed by atoms with Crippen LogP contribution in [0.3, 0.4) is 0 Å². The molecular formula is C18H26ClN3O2S. The van der Waals surface area contributed by atoms with Crippen molar-refractivity contribution in [1.29, 1.82) is 0 Å². The van der Waals surface area contributed by atoms with Crippen LogP contribution in [0.1, 0.15) is 38.7 Å². The minimum atomic E-state index is -0.327. The van der Waals surface area contributed by atoms with Crippen molar-refractivity contribution in [3.05, 3.63) is 28.8 Å². The molecule has 0 spiro atoms. The number of carbonyl (C=O) groups is 1. The Balaban J connectivity index is 1.72. The van der Waals surface area contributed by atoms with Crippen LogP contribution >= 0.6 is 23.8 Å². The van der Waals surface area contributed by atoms with E-state index in [0.29, 0.717) is 33.8 Å². The molecule has 0 aromatic heterocycles. The van der Waals surface area contributed by atoms with Crippen LogP contribution in [0, 0.1) is 18.8 Å². The highest BCUT2D eigenvalue weighted by atomic mass is 35.5. The molecule has 5 nitrogen and oxygen atoms in total. The first-order chi connectivity index (χ1) is 11.9. The third kappa shape index (κ3) is 6.04. The van der Waals surface area contributed by atoms with Crippen molar-refractivity contribution in [2.45, 2.75) is 46.1 Å². The summed E-state index contributed by atoms with van der Waals surface area (Å²) in [5.74, 6) is 1.39. The average molecular weight is 384 g/mol. The molecule has 0 saturated heterocycles. The van der Waals surface area contributed by atoms with E-state index in [2.05, 4.69) is 30.0 Å². The zero-order valence-corrected chi connectivity index (χ0v) is 16.5. The smallest absolute Gasteiger partial charge is 0.276 e. The molecule has 1 aromatic carbocycles. The molecule has 3 atom stereocenters. The highest BCUT2D eigenvalue weighted by Gasteiger charge is 2.27. The Morgan fingerprint density at radius 3 is 2.84 bits per heavy atom.